The Balaban J connectivity index is 5.20. The Kier molecular flexibility index (Phi) is 13.6. The molecule has 4 atom stereocenters. The lowest BCUT2D eigenvalue weighted by Gasteiger charge is -2.24. The Hall–Kier alpha value is -2.91. The smallest absolute Gasteiger partial charge is 0.326 e. The highest BCUT2D eigenvalue weighted by Gasteiger charge is 2.30. The van der Waals surface area contributed by atoms with Gasteiger partial charge in [0, 0.05) is 6.42 Å². The van der Waals surface area contributed by atoms with Crippen molar-refractivity contribution in [2.75, 3.05) is 18.6 Å². The summed E-state index contributed by atoms with van der Waals surface area (Å²) in [6.45, 7) is -0.896. The molecular formula is C17H29N5O9S. The van der Waals surface area contributed by atoms with Gasteiger partial charge in [-0.2, -0.15) is 11.8 Å². The Labute approximate surface area is 187 Å². The highest BCUT2D eigenvalue weighted by atomic mass is 32.2. The number of aliphatic carboxylic acids is 2. The highest BCUT2D eigenvalue weighted by Crippen LogP contribution is 2.04. The third-order valence-corrected chi connectivity index (χ3v) is 4.72. The average molecular weight is 480 g/mol. The van der Waals surface area contributed by atoms with E-state index in [1.165, 1.54) is 11.8 Å². The van der Waals surface area contributed by atoms with Crippen LogP contribution in [0.3, 0.4) is 0 Å². The van der Waals surface area contributed by atoms with Gasteiger partial charge in [0.15, 0.2) is 0 Å². The first-order valence-corrected chi connectivity index (χ1v) is 10.8. The first-order chi connectivity index (χ1) is 14.9. The van der Waals surface area contributed by atoms with Crippen LogP contribution in [0.1, 0.15) is 25.7 Å². The molecule has 0 radical (unpaired) electrons. The van der Waals surface area contributed by atoms with Crippen LogP contribution in [-0.2, 0) is 28.8 Å². The number of aliphatic hydroxyl groups is 1. The Morgan fingerprint density at radius 2 is 1.41 bits per heavy atom. The predicted molar refractivity (Wildman–Crippen MR) is 112 cm³/mol. The summed E-state index contributed by atoms with van der Waals surface area (Å²) in [6, 6.07) is -5.58. The van der Waals surface area contributed by atoms with Crippen molar-refractivity contribution in [3.05, 3.63) is 0 Å². The number of primary amides is 1. The number of carbonyl (C=O) groups excluding carboxylic acids is 4. The Morgan fingerprint density at radius 1 is 0.875 bits per heavy atom. The molecule has 0 aliphatic carbocycles. The van der Waals surface area contributed by atoms with Crippen LogP contribution in [0.4, 0.5) is 0 Å². The van der Waals surface area contributed by atoms with Crippen molar-refractivity contribution in [3.63, 3.8) is 0 Å². The van der Waals surface area contributed by atoms with E-state index in [1.807, 2.05) is 0 Å². The number of nitrogens with two attached hydrogens (primary N) is 2. The van der Waals surface area contributed by atoms with Crippen LogP contribution in [0.2, 0.25) is 0 Å². The second kappa shape index (κ2) is 15.0. The maximum Gasteiger partial charge on any atom is 0.326 e. The molecule has 10 N–H and O–H groups in total. The molecule has 0 fully saturated rings. The fourth-order valence-electron chi connectivity index (χ4n) is 2.36. The molecule has 0 spiro atoms. The Bertz CT molecular complexity index is 706. The number of rotatable bonds is 16. The molecule has 15 heteroatoms. The first-order valence-electron chi connectivity index (χ1n) is 9.42. The lowest BCUT2D eigenvalue weighted by atomic mass is 10.1. The number of hydrogen-bond acceptors (Lipinski definition) is 9. The summed E-state index contributed by atoms with van der Waals surface area (Å²) in [6.07, 6.45) is 0.493. The van der Waals surface area contributed by atoms with E-state index in [0.717, 1.165) is 0 Å². The molecule has 0 bridgehead atoms. The number of hydrogen-bond donors (Lipinski definition) is 8. The van der Waals surface area contributed by atoms with Crippen molar-refractivity contribution in [3.8, 4) is 0 Å². The van der Waals surface area contributed by atoms with Crippen molar-refractivity contribution in [1.82, 2.24) is 16.0 Å². The van der Waals surface area contributed by atoms with Gasteiger partial charge in [-0.3, -0.25) is 24.0 Å². The molecule has 0 heterocycles. The summed E-state index contributed by atoms with van der Waals surface area (Å²) in [5.74, 6) is -5.88. The minimum atomic E-state index is -1.57. The molecule has 0 aliphatic rings. The van der Waals surface area contributed by atoms with Gasteiger partial charge in [0.05, 0.1) is 19.1 Å². The maximum atomic E-state index is 12.6. The second-order valence-corrected chi connectivity index (χ2v) is 7.68. The minimum Gasteiger partial charge on any atom is -0.481 e. The third-order valence-electron chi connectivity index (χ3n) is 4.08. The Morgan fingerprint density at radius 3 is 1.88 bits per heavy atom. The van der Waals surface area contributed by atoms with Gasteiger partial charge in [-0.25, -0.2) is 4.79 Å². The summed E-state index contributed by atoms with van der Waals surface area (Å²) in [5, 5.41) is 33.9. The van der Waals surface area contributed by atoms with Crippen LogP contribution in [0, 0.1) is 0 Å². The van der Waals surface area contributed by atoms with Gasteiger partial charge in [0.2, 0.25) is 23.6 Å². The molecule has 0 saturated heterocycles. The second-order valence-electron chi connectivity index (χ2n) is 6.70. The van der Waals surface area contributed by atoms with E-state index in [9.17, 15) is 33.9 Å². The number of aliphatic hydroxyl groups excluding tert-OH is 1. The van der Waals surface area contributed by atoms with Gasteiger partial charge < -0.3 is 42.7 Å². The predicted octanol–water partition coefficient (Wildman–Crippen LogP) is -3.66. The summed E-state index contributed by atoms with van der Waals surface area (Å²) < 4.78 is 0. The molecule has 32 heavy (non-hydrogen) atoms. The molecule has 0 aromatic carbocycles. The van der Waals surface area contributed by atoms with Crippen LogP contribution in [0.15, 0.2) is 0 Å². The van der Waals surface area contributed by atoms with E-state index < -0.39 is 85.6 Å². The van der Waals surface area contributed by atoms with Crippen LogP contribution in [0.25, 0.3) is 0 Å². The topological polar surface area (TPSA) is 251 Å². The monoisotopic (exact) mass is 479 g/mol. The van der Waals surface area contributed by atoms with Crippen LogP contribution in [-0.4, -0.2) is 93.7 Å². The zero-order valence-electron chi connectivity index (χ0n) is 17.4. The number of carboxylic acids is 2. The van der Waals surface area contributed by atoms with Gasteiger partial charge in [-0.05, 0) is 24.9 Å². The van der Waals surface area contributed by atoms with Gasteiger partial charge in [0.25, 0.3) is 0 Å². The van der Waals surface area contributed by atoms with E-state index in [4.69, 9.17) is 21.7 Å². The van der Waals surface area contributed by atoms with Crippen molar-refractivity contribution in [2.45, 2.75) is 49.9 Å². The van der Waals surface area contributed by atoms with E-state index >= 15 is 0 Å². The molecule has 0 aromatic rings. The molecule has 0 aromatic heterocycles. The molecule has 0 saturated carbocycles. The third kappa shape index (κ3) is 11.5. The zero-order chi connectivity index (χ0) is 24.8. The molecule has 4 unspecified atom stereocenters. The standard InChI is InChI=1S/C17H29N5O9S/c1-32-5-4-9(20-14(27)8(18)6-12(19)24)15(28)22-11(7-23)16(29)21-10(17(30)31)2-3-13(25)26/h8-11,23H,2-7,18H2,1H3,(H2,19,24)(H,20,27)(H,21,29)(H,22,28)(H,25,26)(H,30,31). The zero-order valence-corrected chi connectivity index (χ0v) is 18.2. The maximum absolute atomic E-state index is 12.6. The lowest BCUT2D eigenvalue weighted by Crippen LogP contribution is -2.58. The number of carboxylic acid groups (broad SMARTS) is 2. The van der Waals surface area contributed by atoms with Crippen molar-refractivity contribution in [1.29, 1.82) is 0 Å². The number of carbonyl (C=O) groups is 6. The highest BCUT2D eigenvalue weighted by molar-refractivity contribution is 7.98. The number of thioether (sulfide) groups is 1. The molecule has 0 rings (SSSR count). The van der Waals surface area contributed by atoms with Crippen LogP contribution < -0.4 is 27.4 Å². The molecule has 14 nitrogen and oxygen atoms in total. The van der Waals surface area contributed by atoms with E-state index in [-0.39, 0.29) is 6.42 Å². The van der Waals surface area contributed by atoms with Crippen LogP contribution in [0.5, 0.6) is 0 Å². The van der Waals surface area contributed by atoms with Gasteiger partial charge in [-0.15, -0.1) is 0 Å². The van der Waals surface area contributed by atoms with Crippen molar-refractivity contribution >= 4 is 47.3 Å². The average Bonchev–Trinajstić information content (AvgIpc) is 2.70. The molecule has 182 valence electrons. The lowest BCUT2D eigenvalue weighted by molar-refractivity contribution is -0.143. The van der Waals surface area contributed by atoms with Crippen molar-refractivity contribution < 1.29 is 44.1 Å². The SMILES string of the molecule is CSCCC(NC(=O)C(N)CC(N)=O)C(=O)NC(CO)C(=O)NC(CCC(=O)O)C(=O)O. The van der Waals surface area contributed by atoms with E-state index in [0.29, 0.717) is 5.75 Å². The summed E-state index contributed by atoms with van der Waals surface area (Å²) in [4.78, 5) is 69.8. The summed E-state index contributed by atoms with van der Waals surface area (Å²) >= 11 is 1.37. The van der Waals surface area contributed by atoms with E-state index in [2.05, 4.69) is 16.0 Å². The molecule has 4 amide bonds. The fourth-order valence-corrected chi connectivity index (χ4v) is 2.83. The number of nitrogens with one attached hydrogen (secondary N) is 3. The fraction of sp³-hybridized carbons (Fsp3) is 0.647. The summed E-state index contributed by atoms with van der Waals surface area (Å²) in [5.41, 5.74) is 10.5. The van der Waals surface area contributed by atoms with Crippen molar-refractivity contribution in [2.24, 2.45) is 11.5 Å². The largest absolute Gasteiger partial charge is 0.481 e. The minimum absolute atomic E-state index is 0.123. The van der Waals surface area contributed by atoms with Gasteiger partial charge >= 0.3 is 11.9 Å². The first kappa shape index (κ1) is 29.1. The quantitative estimate of drug-likeness (QED) is 0.107. The summed E-state index contributed by atoms with van der Waals surface area (Å²) in [7, 11) is 0. The van der Waals surface area contributed by atoms with Gasteiger partial charge in [-0.1, -0.05) is 0 Å². The van der Waals surface area contributed by atoms with E-state index in [1.54, 1.807) is 6.26 Å². The molecule has 0 aliphatic heterocycles. The van der Waals surface area contributed by atoms with Crippen LogP contribution >= 0.6 is 11.8 Å². The molecular weight excluding hydrogens is 450 g/mol. The van der Waals surface area contributed by atoms with Gasteiger partial charge in [0.1, 0.15) is 18.1 Å². The normalized spacial score (nSPS) is 14.3. The number of amides is 4.